The number of hydrogen-bond acceptors (Lipinski definition) is 2. The van der Waals surface area contributed by atoms with Gasteiger partial charge in [0.1, 0.15) is 6.04 Å². The summed E-state index contributed by atoms with van der Waals surface area (Å²) in [6.45, 7) is 2.22. The molecule has 0 radical (unpaired) electrons. The average molecular weight is 296 g/mol. The molecule has 116 valence electrons. The Morgan fingerprint density at radius 2 is 1.81 bits per heavy atom. The Kier molecular flexibility index (Phi) is 4.61. The van der Waals surface area contributed by atoms with Gasteiger partial charge in [-0.2, -0.15) is 0 Å². The van der Waals surface area contributed by atoms with Crippen LogP contribution >= 0.6 is 0 Å². The maximum Gasteiger partial charge on any atom is 0.251 e. The highest BCUT2D eigenvalue weighted by molar-refractivity contribution is 5.83. The fourth-order valence-corrected chi connectivity index (χ4v) is 2.75. The van der Waals surface area contributed by atoms with Crippen LogP contribution in [0.2, 0.25) is 0 Å². The molecule has 0 aromatic heterocycles. The quantitative estimate of drug-likeness (QED) is 0.856. The van der Waals surface area contributed by atoms with Gasteiger partial charge in [0.15, 0.2) is 0 Å². The maximum atomic E-state index is 13.2. The fraction of sp³-hybridized carbons (Fsp3) is 0.562. The summed E-state index contributed by atoms with van der Waals surface area (Å²) in [6.07, 6.45) is -0.487. The van der Waals surface area contributed by atoms with E-state index in [4.69, 9.17) is 0 Å². The summed E-state index contributed by atoms with van der Waals surface area (Å²) < 4.78 is 26.5. The predicted octanol–water partition coefficient (Wildman–Crippen LogP) is 2.86. The molecule has 0 bridgehead atoms. The second kappa shape index (κ2) is 6.10. The van der Waals surface area contributed by atoms with Gasteiger partial charge >= 0.3 is 0 Å². The Labute approximate surface area is 124 Å². The Balaban J connectivity index is 2.20. The Morgan fingerprint density at radius 3 is 2.33 bits per heavy atom. The van der Waals surface area contributed by atoms with E-state index in [1.165, 1.54) is 0 Å². The van der Waals surface area contributed by atoms with Gasteiger partial charge in [0.2, 0.25) is 5.91 Å². The van der Waals surface area contributed by atoms with Crippen LogP contribution in [0.25, 0.3) is 0 Å². The van der Waals surface area contributed by atoms with E-state index in [1.807, 2.05) is 50.2 Å². The van der Waals surface area contributed by atoms with Crippen molar-refractivity contribution in [3.63, 3.8) is 0 Å². The van der Waals surface area contributed by atoms with Crippen molar-refractivity contribution in [2.45, 2.75) is 31.7 Å². The molecule has 1 heterocycles. The van der Waals surface area contributed by atoms with Gasteiger partial charge in [-0.1, -0.05) is 24.3 Å². The highest BCUT2D eigenvalue weighted by Crippen LogP contribution is 2.30. The number of nitrogens with zero attached hydrogens (tertiary/aromatic N) is 2. The monoisotopic (exact) mass is 296 g/mol. The third kappa shape index (κ3) is 3.59. The van der Waals surface area contributed by atoms with Crippen molar-refractivity contribution >= 4 is 5.91 Å². The normalized spacial score (nSPS) is 19.6. The lowest BCUT2D eigenvalue weighted by molar-refractivity contribution is -0.142. The van der Waals surface area contributed by atoms with E-state index in [9.17, 15) is 13.6 Å². The number of aryl methyl sites for hydroxylation is 1. The van der Waals surface area contributed by atoms with Crippen molar-refractivity contribution in [1.29, 1.82) is 0 Å². The van der Waals surface area contributed by atoms with Crippen LogP contribution < -0.4 is 0 Å². The average Bonchev–Trinajstić information content (AvgIpc) is 2.40. The lowest BCUT2D eigenvalue weighted by atomic mass is 9.98. The van der Waals surface area contributed by atoms with Gasteiger partial charge in [0.25, 0.3) is 5.92 Å². The van der Waals surface area contributed by atoms with E-state index in [-0.39, 0.29) is 31.8 Å². The summed E-state index contributed by atoms with van der Waals surface area (Å²) in [5.41, 5.74) is 1.97. The Hall–Kier alpha value is -1.49. The van der Waals surface area contributed by atoms with Gasteiger partial charge in [-0.3, -0.25) is 9.69 Å². The zero-order chi connectivity index (χ0) is 15.6. The van der Waals surface area contributed by atoms with Gasteiger partial charge in [-0.15, -0.1) is 0 Å². The van der Waals surface area contributed by atoms with Gasteiger partial charge in [0.05, 0.1) is 0 Å². The number of likely N-dealkylation sites (tertiary alicyclic amines) is 1. The second-order valence-electron chi connectivity index (χ2n) is 5.90. The van der Waals surface area contributed by atoms with Gasteiger partial charge in [-0.25, -0.2) is 8.78 Å². The van der Waals surface area contributed by atoms with Crippen LogP contribution in [0.3, 0.4) is 0 Å². The van der Waals surface area contributed by atoms with Crippen molar-refractivity contribution in [1.82, 2.24) is 9.80 Å². The first-order valence-corrected chi connectivity index (χ1v) is 7.20. The van der Waals surface area contributed by atoms with Crippen LogP contribution in [-0.4, -0.2) is 48.8 Å². The lowest BCUT2D eigenvalue weighted by Gasteiger charge is -2.36. The molecule has 5 heteroatoms. The number of carbonyl (C=O) groups is 1. The highest BCUT2D eigenvalue weighted by atomic mass is 19.3. The number of carbonyl (C=O) groups excluding carboxylic acids is 1. The molecule has 0 N–H and O–H groups in total. The van der Waals surface area contributed by atoms with Crippen molar-refractivity contribution < 1.29 is 13.6 Å². The van der Waals surface area contributed by atoms with Crippen LogP contribution in [0.5, 0.6) is 0 Å². The van der Waals surface area contributed by atoms with Crippen LogP contribution in [0.4, 0.5) is 8.78 Å². The number of halogens is 2. The Bertz CT molecular complexity index is 507. The van der Waals surface area contributed by atoms with Crippen molar-refractivity contribution in [3.8, 4) is 0 Å². The molecule has 1 atom stereocenters. The smallest absolute Gasteiger partial charge is 0.251 e. The van der Waals surface area contributed by atoms with Gasteiger partial charge in [-0.05, 0) is 32.1 Å². The molecule has 0 spiro atoms. The summed E-state index contributed by atoms with van der Waals surface area (Å²) in [5, 5.41) is 0. The van der Waals surface area contributed by atoms with Crippen molar-refractivity contribution in [2.75, 3.05) is 27.2 Å². The van der Waals surface area contributed by atoms with Crippen LogP contribution in [0, 0.1) is 6.92 Å². The first-order valence-electron chi connectivity index (χ1n) is 7.20. The molecule has 1 fully saturated rings. The fourth-order valence-electron chi connectivity index (χ4n) is 2.75. The van der Waals surface area contributed by atoms with Crippen molar-refractivity contribution in [3.05, 3.63) is 35.4 Å². The minimum Gasteiger partial charge on any atom is -0.341 e. The largest absolute Gasteiger partial charge is 0.341 e. The second-order valence-corrected chi connectivity index (χ2v) is 5.90. The number of likely N-dealkylation sites (N-methyl/N-ethyl adjacent to an activating group) is 1. The van der Waals surface area contributed by atoms with E-state index in [2.05, 4.69) is 0 Å². The third-order valence-electron chi connectivity index (χ3n) is 4.04. The highest BCUT2D eigenvalue weighted by Gasteiger charge is 2.38. The zero-order valence-corrected chi connectivity index (χ0v) is 12.8. The molecule has 1 aromatic rings. The third-order valence-corrected chi connectivity index (χ3v) is 4.04. The van der Waals surface area contributed by atoms with E-state index < -0.39 is 12.0 Å². The molecule has 1 aliphatic rings. The van der Waals surface area contributed by atoms with E-state index in [1.54, 1.807) is 4.90 Å². The molecule has 1 aromatic carbocycles. The van der Waals surface area contributed by atoms with Crippen LogP contribution in [-0.2, 0) is 4.79 Å². The maximum absolute atomic E-state index is 13.2. The van der Waals surface area contributed by atoms with Crippen LogP contribution in [0.1, 0.15) is 30.0 Å². The Morgan fingerprint density at radius 1 is 1.24 bits per heavy atom. The molecule has 1 saturated heterocycles. The number of benzene rings is 1. The van der Waals surface area contributed by atoms with Crippen LogP contribution in [0.15, 0.2) is 24.3 Å². The molecule has 1 aliphatic heterocycles. The summed E-state index contributed by atoms with van der Waals surface area (Å²) in [7, 11) is 3.68. The minimum atomic E-state index is -2.63. The molecular weight excluding hydrogens is 274 g/mol. The summed E-state index contributed by atoms with van der Waals surface area (Å²) in [6, 6.07) is 7.30. The number of hydrogen-bond donors (Lipinski definition) is 0. The standard InChI is InChI=1S/C16H22F2N2O/c1-12-6-4-5-7-13(12)14(19(2)3)15(21)20-10-8-16(17,18)9-11-20/h4-7,14H,8-11H2,1-3H3/t14-/m1/s1. The summed E-state index contributed by atoms with van der Waals surface area (Å²) in [5.74, 6) is -2.72. The zero-order valence-electron chi connectivity index (χ0n) is 12.8. The molecule has 3 nitrogen and oxygen atoms in total. The molecule has 0 saturated carbocycles. The summed E-state index contributed by atoms with van der Waals surface area (Å²) >= 11 is 0. The molecule has 2 rings (SSSR count). The van der Waals surface area contributed by atoms with Crippen molar-refractivity contribution in [2.24, 2.45) is 0 Å². The topological polar surface area (TPSA) is 23.6 Å². The van der Waals surface area contributed by atoms with E-state index >= 15 is 0 Å². The number of rotatable bonds is 3. The van der Waals surface area contributed by atoms with E-state index in [0.717, 1.165) is 11.1 Å². The molecule has 0 aliphatic carbocycles. The number of alkyl halides is 2. The lowest BCUT2D eigenvalue weighted by Crippen LogP contribution is -2.47. The molecule has 0 unspecified atom stereocenters. The predicted molar refractivity (Wildman–Crippen MR) is 78.4 cm³/mol. The first kappa shape index (κ1) is 15.9. The SMILES string of the molecule is Cc1ccccc1[C@H](C(=O)N1CCC(F)(F)CC1)N(C)C. The van der Waals surface area contributed by atoms with Gasteiger partial charge < -0.3 is 4.90 Å². The van der Waals surface area contributed by atoms with Gasteiger partial charge in [0, 0.05) is 25.9 Å². The number of amides is 1. The first-order chi connectivity index (χ1) is 9.82. The number of piperidine rings is 1. The minimum absolute atomic E-state index is 0.0928. The molecule has 21 heavy (non-hydrogen) atoms. The molecular formula is C16H22F2N2O. The summed E-state index contributed by atoms with van der Waals surface area (Å²) in [4.78, 5) is 16.2. The molecule has 1 amide bonds. The van der Waals surface area contributed by atoms with E-state index in [0.29, 0.717) is 0 Å².